The van der Waals surface area contributed by atoms with E-state index in [1.165, 1.54) is 0 Å². The third-order valence-electron chi connectivity index (χ3n) is 0.995. The van der Waals surface area contributed by atoms with Crippen LogP contribution in [0.3, 0.4) is 0 Å². The van der Waals surface area contributed by atoms with E-state index in [1.807, 2.05) is 6.92 Å². The molecule has 0 fully saturated rings. The average molecular weight is 129 g/mol. The fourth-order valence-corrected chi connectivity index (χ4v) is 0.386. The molecule has 53 valence electrons. The van der Waals surface area contributed by atoms with E-state index in [0.29, 0.717) is 0 Å². The molecule has 0 bridgehead atoms. The van der Waals surface area contributed by atoms with Crippen LogP contribution in [0.4, 0.5) is 0 Å². The number of hydrogen-bond acceptors (Lipinski definition) is 2. The summed E-state index contributed by atoms with van der Waals surface area (Å²) >= 11 is 0. The van der Waals surface area contributed by atoms with Crippen LogP contribution in [0.1, 0.15) is 13.8 Å². The van der Waals surface area contributed by atoms with Crippen molar-refractivity contribution < 1.29 is 10.2 Å². The van der Waals surface area contributed by atoms with Crippen molar-refractivity contribution in [1.29, 1.82) is 0 Å². The zero-order valence-corrected chi connectivity index (χ0v) is 5.78. The molecular weight excluding hydrogens is 116 g/mol. The molecule has 2 unspecified atom stereocenters. The maximum Gasteiger partial charge on any atom is 0.0977 e. The van der Waals surface area contributed by atoms with Gasteiger partial charge in [0.15, 0.2) is 0 Å². The summed E-state index contributed by atoms with van der Waals surface area (Å²) in [6, 6.07) is 0. The molecule has 2 nitrogen and oxygen atoms in total. The Morgan fingerprint density at radius 2 is 1.89 bits per heavy atom. The van der Waals surface area contributed by atoms with E-state index in [0.717, 1.165) is 0 Å². The van der Waals surface area contributed by atoms with Crippen molar-refractivity contribution in [2.24, 2.45) is 0 Å². The third kappa shape index (κ3) is 4.18. The molecular formula is C7H13O2. The molecule has 2 atom stereocenters. The molecule has 0 amide bonds. The van der Waals surface area contributed by atoms with Gasteiger partial charge >= 0.3 is 0 Å². The standard InChI is InChI=1S/C7H13O2/c1-3-4-5-7(9)6(2)8/h3-9H,1-2H3/b5-4+. The largest absolute Gasteiger partial charge is 0.390 e. The number of aliphatic hydroxyl groups is 2. The van der Waals surface area contributed by atoms with Crippen LogP contribution in [-0.4, -0.2) is 22.4 Å². The molecule has 0 spiro atoms. The summed E-state index contributed by atoms with van der Waals surface area (Å²) in [7, 11) is 0. The Hall–Kier alpha value is -0.340. The fourth-order valence-electron chi connectivity index (χ4n) is 0.386. The van der Waals surface area contributed by atoms with Crippen molar-refractivity contribution in [3.05, 3.63) is 18.6 Å². The molecule has 0 heterocycles. The quantitative estimate of drug-likeness (QED) is 0.583. The van der Waals surface area contributed by atoms with E-state index in [2.05, 4.69) is 0 Å². The summed E-state index contributed by atoms with van der Waals surface area (Å²) < 4.78 is 0. The van der Waals surface area contributed by atoms with Crippen molar-refractivity contribution in [3.8, 4) is 0 Å². The van der Waals surface area contributed by atoms with Crippen LogP contribution in [-0.2, 0) is 0 Å². The highest BCUT2D eigenvalue weighted by molar-refractivity contribution is 4.97. The highest BCUT2D eigenvalue weighted by atomic mass is 16.3. The van der Waals surface area contributed by atoms with E-state index in [-0.39, 0.29) is 0 Å². The highest BCUT2D eigenvalue weighted by Gasteiger charge is 2.03. The summed E-state index contributed by atoms with van der Waals surface area (Å²) in [5, 5.41) is 17.6. The van der Waals surface area contributed by atoms with Crippen molar-refractivity contribution >= 4 is 0 Å². The van der Waals surface area contributed by atoms with E-state index in [1.54, 1.807) is 25.5 Å². The predicted octanol–water partition coefficient (Wildman–Crippen LogP) is 0.508. The van der Waals surface area contributed by atoms with Crippen molar-refractivity contribution in [2.45, 2.75) is 26.1 Å². The van der Waals surface area contributed by atoms with Gasteiger partial charge in [-0.3, -0.25) is 0 Å². The Labute approximate surface area is 55.8 Å². The van der Waals surface area contributed by atoms with Gasteiger partial charge < -0.3 is 10.2 Å². The van der Waals surface area contributed by atoms with Gasteiger partial charge in [0.2, 0.25) is 0 Å². The normalized spacial score (nSPS) is 18.2. The summed E-state index contributed by atoms with van der Waals surface area (Å²) in [5.74, 6) is 0. The molecule has 1 radical (unpaired) electrons. The third-order valence-corrected chi connectivity index (χ3v) is 0.995. The van der Waals surface area contributed by atoms with Gasteiger partial charge in [-0.2, -0.15) is 0 Å². The summed E-state index contributed by atoms with van der Waals surface area (Å²) in [6.45, 7) is 3.40. The van der Waals surface area contributed by atoms with Crippen LogP contribution in [0.25, 0.3) is 0 Å². The minimum absolute atomic E-state index is 0.679. The molecule has 0 aromatic heterocycles. The van der Waals surface area contributed by atoms with Crippen LogP contribution >= 0.6 is 0 Å². The predicted molar refractivity (Wildman–Crippen MR) is 36.8 cm³/mol. The zero-order valence-electron chi connectivity index (χ0n) is 5.78. The molecule has 0 aromatic rings. The van der Waals surface area contributed by atoms with Gasteiger partial charge in [-0.1, -0.05) is 19.1 Å². The highest BCUT2D eigenvalue weighted by Crippen LogP contribution is 1.93. The Bertz CT molecular complexity index is 86.9. The van der Waals surface area contributed by atoms with E-state index in [4.69, 9.17) is 10.2 Å². The molecule has 0 aliphatic heterocycles. The molecule has 0 rings (SSSR count). The number of hydrogen-bond donors (Lipinski definition) is 2. The zero-order chi connectivity index (χ0) is 7.28. The van der Waals surface area contributed by atoms with Crippen LogP contribution in [0.15, 0.2) is 12.2 Å². The van der Waals surface area contributed by atoms with Crippen molar-refractivity contribution in [2.75, 3.05) is 0 Å². The van der Waals surface area contributed by atoms with Crippen molar-refractivity contribution in [1.82, 2.24) is 0 Å². The SMILES string of the molecule is C[CH]/C=C/C(O)C(C)O. The number of rotatable bonds is 3. The Kier molecular flexibility index (Phi) is 4.36. The van der Waals surface area contributed by atoms with Crippen LogP contribution in [0.5, 0.6) is 0 Å². The summed E-state index contributed by atoms with van der Waals surface area (Å²) in [5.41, 5.74) is 0. The van der Waals surface area contributed by atoms with Gasteiger partial charge in [-0.25, -0.2) is 0 Å². The number of allylic oxidation sites excluding steroid dienone is 1. The topological polar surface area (TPSA) is 40.5 Å². The first-order valence-electron chi connectivity index (χ1n) is 3.00. The monoisotopic (exact) mass is 129 g/mol. The molecule has 0 aliphatic carbocycles. The van der Waals surface area contributed by atoms with Crippen LogP contribution in [0, 0.1) is 6.42 Å². The van der Waals surface area contributed by atoms with E-state index < -0.39 is 12.2 Å². The number of aliphatic hydroxyl groups excluding tert-OH is 2. The summed E-state index contributed by atoms with van der Waals surface area (Å²) in [4.78, 5) is 0. The van der Waals surface area contributed by atoms with Crippen LogP contribution in [0.2, 0.25) is 0 Å². The van der Waals surface area contributed by atoms with Gasteiger partial charge in [0.1, 0.15) is 0 Å². The molecule has 9 heavy (non-hydrogen) atoms. The molecule has 0 saturated heterocycles. The van der Waals surface area contributed by atoms with Crippen molar-refractivity contribution in [3.63, 3.8) is 0 Å². The molecule has 0 aromatic carbocycles. The second kappa shape index (κ2) is 4.53. The Balaban J connectivity index is 3.48. The first-order chi connectivity index (χ1) is 4.18. The minimum atomic E-state index is -0.735. The second-order valence-corrected chi connectivity index (χ2v) is 1.95. The summed E-state index contributed by atoms with van der Waals surface area (Å²) in [6.07, 6.45) is 3.63. The lowest BCUT2D eigenvalue weighted by molar-refractivity contribution is 0.0619. The minimum Gasteiger partial charge on any atom is -0.390 e. The van der Waals surface area contributed by atoms with E-state index in [9.17, 15) is 0 Å². The Morgan fingerprint density at radius 3 is 2.22 bits per heavy atom. The smallest absolute Gasteiger partial charge is 0.0977 e. The van der Waals surface area contributed by atoms with E-state index >= 15 is 0 Å². The van der Waals surface area contributed by atoms with Gasteiger partial charge in [-0.15, -0.1) is 0 Å². The fraction of sp³-hybridized carbons (Fsp3) is 0.571. The Morgan fingerprint density at radius 1 is 1.33 bits per heavy atom. The maximum absolute atomic E-state index is 8.90. The first-order valence-corrected chi connectivity index (χ1v) is 3.00. The van der Waals surface area contributed by atoms with Gasteiger partial charge in [0.05, 0.1) is 12.2 Å². The average Bonchev–Trinajstić information content (AvgIpc) is 1.82. The maximum atomic E-state index is 8.90. The molecule has 2 N–H and O–H groups in total. The lowest BCUT2D eigenvalue weighted by Gasteiger charge is -2.06. The lowest BCUT2D eigenvalue weighted by Crippen LogP contribution is -2.19. The first kappa shape index (κ1) is 8.66. The molecule has 0 saturated carbocycles. The second-order valence-electron chi connectivity index (χ2n) is 1.95. The van der Waals surface area contributed by atoms with Gasteiger partial charge in [0.25, 0.3) is 0 Å². The van der Waals surface area contributed by atoms with Crippen LogP contribution < -0.4 is 0 Å². The molecule has 0 aliphatic rings. The van der Waals surface area contributed by atoms with Gasteiger partial charge in [-0.05, 0) is 13.3 Å². The molecule has 2 heteroatoms. The van der Waals surface area contributed by atoms with Gasteiger partial charge in [0, 0.05) is 0 Å². The lowest BCUT2D eigenvalue weighted by atomic mass is 10.2.